The fourth-order valence-electron chi connectivity index (χ4n) is 6.04. The third-order valence-electron chi connectivity index (χ3n) is 8.44. The van der Waals surface area contributed by atoms with Crippen LogP contribution in [0.1, 0.15) is 54.0 Å². The van der Waals surface area contributed by atoms with E-state index >= 15 is 0 Å². The Morgan fingerprint density at radius 2 is 1.98 bits per heavy atom. The molecule has 4 heterocycles. The number of hydrogen-bond donors (Lipinski definition) is 3. The second-order valence-corrected chi connectivity index (χ2v) is 12.1. The van der Waals surface area contributed by atoms with Crippen LogP contribution >= 0.6 is 0 Å². The molecular weight excluding hydrogens is 570 g/mol. The Balaban J connectivity index is 1.40. The van der Waals surface area contributed by atoms with Crippen molar-refractivity contribution in [2.75, 3.05) is 25.6 Å². The van der Waals surface area contributed by atoms with Crippen molar-refractivity contribution in [1.29, 1.82) is 0 Å². The van der Waals surface area contributed by atoms with Gasteiger partial charge in [-0.3, -0.25) is 4.79 Å². The Morgan fingerprint density at radius 1 is 1.16 bits per heavy atom. The molecule has 0 bridgehead atoms. The van der Waals surface area contributed by atoms with Crippen molar-refractivity contribution in [3.05, 3.63) is 83.4 Å². The van der Waals surface area contributed by atoms with Gasteiger partial charge in [0.2, 0.25) is 0 Å². The normalized spacial score (nSPS) is 15.2. The molecule has 1 unspecified atom stereocenters. The number of aliphatic hydroxyl groups excluding tert-OH is 1. The van der Waals surface area contributed by atoms with Gasteiger partial charge < -0.3 is 29.7 Å². The van der Waals surface area contributed by atoms with Gasteiger partial charge in [-0.25, -0.2) is 9.97 Å². The molecule has 1 fully saturated rings. The minimum atomic E-state index is -1.22. The topological polar surface area (TPSA) is 130 Å². The van der Waals surface area contributed by atoms with Crippen LogP contribution in [0.4, 0.5) is 5.82 Å². The Kier molecular flexibility index (Phi) is 8.07. The fourth-order valence-corrected chi connectivity index (χ4v) is 6.04. The van der Waals surface area contributed by atoms with Crippen molar-refractivity contribution in [3.8, 4) is 28.3 Å². The van der Waals surface area contributed by atoms with Crippen LogP contribution in [0.25, 0.3) is 28.2 Å². The number of aromatic nitrogens is 5. The number of fused-ring (bicyclic) bond motifs is 1. The van der Waals surface area contributed by atoms with Gasteiger partial charge in [-0.2, -0.15) is 9.61 Å². The summed E-state index contributed by atoms with van der Waals surface area (Å²) in [4.78, 5) is 24.8. The molecule has 3 aromatic heterocycles. The summed E-state index contributed by atoms with van der Waals surface area (Å²) in [6.07, 6.45) is 5.32. The van der Waals surface area contributed by atoms with Crippen molar-refractivity contribution in [3.63, 3.8) is 0 Å². The number of hydrogen-bond acceptors (Lipinski definition) is 8. The third kappa shape index (κ3) is 5.76. The number of rotatable bonds is 9. The first kappa shape index (κ1) is 30.3. The molecule has 1 amide bonds. The average Bonchev–Trinajstić information content (AvgIpc) is 3.76. The molecule has 11 heteroatoms. The minimum Gasteiger partial charge on any atom is -0.496 e. The van der Waals surface area contributed by atoms with E-state index in [1.165, 1.54) is 0 Å². The number of aliphatic hydroxyl groups is 2. The molecule has 1 aliphatic rings. The number of ether oxygens (including phenoxy) is 1. The quantitative estimate of drug-likeness (QED) is 0.222. The van der Waals surface area contributed by atoms with Crippen molar-refractivity contribution in [1.82, 2.24) is 29.0 Å². The van der Waals surface area contributed by atoms with E-state index in [1.807, 2.05) is 61.1 Å². The Labute approximate surface area is 262 Å². The standard InChI is InChI=1S/C34H39N7O4/c1-21-30(23-11-12-27(45-5)26(17-23)33(43)40-14-7-10-25(40)20-42)32-37-28(34(2,3)44)18-29(41(32)38-21)36-19-22-8-6-9-24(16-22)31-35-13-15-39(31)4/h6,8-9,11-13,15-18,25,36,42,44H,7,10,14,19-20H2,1-5H3. The number of imidazole rings is 1. The van der Waals surface area contributed by atoms with Gasteiger partial charge in [-0.1, -0.05) is 24.3 Å². The summed E-state index contributed by atoms with van der Waals surface area (Å²) in [5.74, 6) is 1.83. The lowest BCUT2D eigenvalue weighted by molar-refractivity contribution is 0.0674. The predicted molar refractivity (Wildman–Crippen MR) is 172 cm³/mol. The number of anilines is 1. The first-order valence-corrected chi connectivity index (χ1v) is 15.1. The summed E-state index contributed by atoms with van der Waals surface area (Å²) in [7, 11) is 3.51. The molecule has 0 spiro atoms. The number of amides is 1. The Bertz CT molecular complexity index is 1870. The molecule has 1 atom stereocenters. The molecular formula is C34H39N7O4. The molecule has 0 radical (unpaired) electrons. The van der Waals surface area contributed by atoms with Gasteiger partial charge in [-0.05, 0) is 62.9 Å². The molecule has 6 rings (SSSR count). The van der Waals surface area contributed by atoms with Gasteiger partial charge in [0.1, 0.15) is 23.0 Å². The van der Waals surface area contributed by atoms with Crippen LogP contribution in [0.5, 0.6) is 5.75 Å². The van der Waals surface area contributed by atoms with E-state index in [4.69, 9.17) is 14.8 Å². The van der Waals surface area contributed by atoms with Crippen LogP contribution in [-0.4, -0.2) is 71.5 Å². The number of benzene rings is 2. The molecule has 1 aliphatic heterocycles. The predicted octanol–water partition coefficient (Wildman–Crippen LogP) is 4.55. The SMILES string of the molecule is COc1ccc(-c2c(C)nn3c(NCc4cccc(-c5nccn5C)c4)cc(C(C)(C)O)nc23)cc1C(=O)N1CCCC1CO. The molecule has 5 aromatic rings. The van der Waals surface area contributed by atoms with Crippen LogP contribution in [0.2, 0.25) is 0 Å². The van der Waals surface area contributed by atoms with Gasteiger partial charge in [0, 0.05) is 49.7 Å². The highest BCUT2D eigenvalue weighted by atomic mass is 16.5. The van der Waals surface area contributed by atoms with Crippen molar-refractivity contribution < 1.29 is 19.7 Å². The molecule has 3 N–H and O–H groups in total. The molecule has 234 valence electrons. The molecule has 2 aromatic carbocycles. The number of carbonyl (C=O) groups is 1. The zero-order valence-electron chi connectivity index (χ0n) is 26.3. The van der Waals surface area contributed by atoms with Crippen molar-refractivity contribution >= 4 is 17.4 Å². The van der Waals surface area contributed by atoms with E-state index < -0.39 is 5.60 Å². The first-order valence-electron chi connectivity index (χ1n) is 15.1. The maximum absolute atomic E-state index is 13.7. The fraction of sp³-hybridized carbons (Fsp3) is 0.353. The molecule has 1 saturated heterocycles. The summed E-state index contributed by atoms with van der Waals surface area (Å²) in [5, 5.41) is 29.2. The van der Waals surface area contributed by atoms with Crippen LogP contribution < -0.4 is 10.1 Å². The van der Waals surface area contributed by atoms with E-state index in [0.717, 1.165) is 40.9 Å². The summed E-state index contributed by atoms with van der Waals surface area (Å²) in [6.45, 7) is 6.32. The number of carbonyl (C=O) groups excluding carboxylic acids is 1. The monoisotopic (exact) mass is 609 g/mol. The number of nitrogens with zero attached hydrogens (tertiary/aromatic N) is 6. The number of methoxy groups -OCH3 is 1. The van der Waals surface area contributed by atoms with Crippen LogP contribution in [-0.2, 0) is 19.2 Å². The van der Waals surface area contributed by atoms with Gasteiger partial charge in [-0.15, -0.1) is 0 Å². The van der Waals surface area contributed by atoms with Crippen molar-refractivity contribution in [2.24, 2.45) is 7.05 Å². The number of aryl methyl sites for hydroxylation is 2. The van der Waals surface area contributed by atoms with Gasteiger partial charge in [0.15, 0.2) is 5.65 Å². The summed E-state index contributed by atoms with van der Waals surface area (Å²) < 4.78 is 9.32. The second kappa shape index (κ2) is 12.0. The summed E-state index contributed by atoms with van der Waals surface area (Å²) in [6, 6.07) is 15.3. The molecule has 45 heavy (non-hydrogen) atoms. The summed E-state index contributed by atoms with van der Waals surface area (Å²) in [5.41, 5.74) is 4.51. The lowest BCUT2D eigenvalue weighted by atomic mass is 10.0. The Morgan fingerprint density at radius 3 is 2.69 bits per heavy atom. The van der Waals surface area contributed by atoms with Gasteiger partial charge in [0.25, 0.3) is 5.91 Å². The minimum absolute atomic E-state index is 0.0758. The van der Waals surface area contributed by atoms with Crippen molar-refractivity contribution in [2.45, 2.75) is 51.8 Å². The lowest BCUT2D eigenvalue weighted by Crippen LogP contribution is -2.37. The van der Waals surface area contributed by atoms with E-state index in [0.29, 0.717) is 47.3 Å². The van der Waals surface area contributed by atoms with E-state index in [2.05, 4.69) is 16.4 Å². The van der Waals surface area contributed by atoms with Crippen LogP contribution in [0, 0.1) is 6.92 Å². The van der Waals surface area contributed by atoms with Crippen LogP contribution in [0.3, 0.4) is 0 Å². The number of likely N-dealkylation sites (tertiary alicyclic amines) is 1. The maximum Gasteiger partial charge on any atom is 0.257 e. The van der Waals surface area contributed by atoms with E-state index in [1.54, 1.807) is 42.6 Å². The molecule has 0 saturated carbocycles. The van der Waals surface area contributed by atoms with Crippen LogP contribution in [0.15, 0.2) is 60.9 Å². The van der Waals surface area contributed by atoms with Gasteiger partial charge >= 0.3 is 0 Å². The lowest BCUT2D eigenvalue weighted by Gasteiger charge is -2.24. The first-order chi connectivity index (χ1) is 21.6. The Hall–Kier alpha value is -4.74. The summed E-state index contributed by atoms with van der Waals surface area (Å²) >= 11 is 0. The number of nitrogens with one attached hydrogen (secondary N) is 1. The highest BCUT2D eigenvalue weighted by molar-refractivity contribution is 5.99. The average molecular weight is 610 g/mol. The largest absolute Gasteiger partial charge is 0.496 e. The zero-order chi connectivity index (χ0) is 31.9. The zero-order valence-corrected chi connectivity index (χ0v) is 26.3. The highest BCUT2D eigenvalue weighted by Gasteiger charge is 2.31. The smallest absolute Gasteiger partial charge is 0.257 e. The molecule has 0 aliphatic carbocycles. The van der Waals surface area contributed by atoms with E-state index in [-0.39, 0.29) is 18.6 Å². The maximum atomic E-state index is 13.7. The van der Waals surface area contributed by atoms with Gasteiger partial charge in [0.05, 0.1) is 36.7 Å². The van der Waals surface area contributed by atoms with E-state index in [9.17, 15) is 15.0 Å². The highest BCUT2D eigenvalue weighted by Crippen LogP contribution is 2.35. The molecule has 11 nitrogen and oxygen atoms in total. The second-order valence-electron chi connectivity index (χ2n) is 12.1. The third-order valence-corrected chi connectivity index (χ3v) is 8.44.